The van der Waals surface area contributed by atoms with E-state index in [1.165, 1.54) is 0 Å². The molecule has 2 amide bonds. The molecular weight excluding hydrogens is 208 g/mol. The maximum atomic E-state index is 11.6. The van der Waals surface area contributed by atoms with Gasteiger partial charge in [0, 0.05) is 6.54 Å². The van der Waals surface area contributed by atoms with Gasteiger partial charge in [-0.25, -0.2) is 0 Å². The fourth-order valence-corrected chi connectivity index (χ4v) is 2.10. The molecule has 2 atom stereocenters. The zero-order valence-corrected chi connectivity index (χ0v) is 9.21. The van der Waals surface area contributed by atoms with Gasteiger partial charge in [-0.2, -0.15) is 0 Å². The van der Waals surface area contributed by atoms with E-state index in [0.29, 0.717) is 6.54 Å². The molecule has 0 aromatic rings. The van der Waals surface area contributed by atoms with Crippen molar-refractivity contribution in [1.82, 2.24) is 21.5 Å². The molecule has 90 valence electrons. The van der Waals surface area contributed by atoms with Crippen LogP contribution < -0.4 is 21.5 Å². The molecule has 2 saturated heterocycles. The fraction of sp³-hybridized carbons (Fsp3) is 0.800. The number of hydrogen-bond acceptors (Lipinski definition) is 4. The average Bonchev–Trinajstić information content (AvgIpc) is 2.95. The predicted octanol–water partition coefficient (Wildman–Crippen LogP) is -1.50. The van der Waals surface area contributed by atoms with E-state index >= 15 is 0 Å². The Morgan fingerprint density at radius 1 is 1.06 bits per heavy atom. The van der Waals surface area contributed by atoms with Crippen molar-refractivity contribution < 1.29 is 9.59 Å². The topological polar surface area (TPSA) is 82.3 Å². The normalized spacial score (nSPS) is 29.0. The number of amides is 2. The van der Waals surface area contributed by atoms with Crippen molar-refractivity contribution in [1.29, 1.82) is 0 Å². The first-order valence-corrected chi connectivity index (χ1v) is 5.81. The van der Waals surface area contributed by atoms with E-state index in [9.17, 15) is 9.59 Å². The van der Waals surface area contributed by atoms with Crippen molar-refractivity contribution >= 4 is 11.8 Å². The molecule has 0 bridgehead atoms. The van der Waals surface area contributed by atoms with Crippen LogP contribution in [0, 0.1) is 5.92 Å². The third-order valence-corrected chi connectivity index (χ3v) is 3.12. The molecule has 4 N–H and O–H groups in total. The highest BCUT2D eigenvalue weighted by Crippen LogP contribution is 2.07. The number of hydrogen-bond donors (Lipinski definition) is 4. The minimum absolute atomic E-state index is 0.0168. The molecule has 0 aromatic carbocycles. The van der Waals surface area contributed by atoms with Crippen LogP contribution in [0.15, 0.2) is 0 Å². The highest BCUT2D eigenvalue weighted by molar-refractivity contribution is 5.86. The number of carbonyl (C=O) groups is 2. The smallest absolute Gasteiger partial charge is 0.255 e. The third kappa shape index (κ3) is 2.70. The van der Waals surface area contributed by atoms with Crippen LogP contribution in [0.5, 0.6) is 0 Å². The molecule has 6 nitrogen and oxygen atoms in total. The number of rotatable bonds is 2. The second kappa shape index (κ2) is 5.27. The molecule has 2 aliphatic rings. The van der Waals surface area contributed by atoms with Gasteiger partial charge < -0.3 is 10.6 Å². The SMILES string of the molecule is O=C(NNC(=O)C1CCCN1)C1CCNC1. The molecule has 16 heavy (non-hydrogen) atoms. The van der Waals surface area contributed by atoms with Crippen molar-refractivity contribution in [3.05, 3.63) is 0 Å². The van der Waals surface area contributed by atoms with Gasteiger partial charge >= 0.3 is 0 Å². The first-order valence-electron chi connectivity index (χ1n) is 5.81. The maximum absolute atomic E-state index is 11.6. The molecule has 0 aliphatic carbocycles. The zero-order chi connectivity index (χ0) is 11.4. The summed E-state index contributed by atoms with van der Waals surface area (Å²) in [5.74, 6) is -0.259. The molecule has 2 unspecified atom stereocenters. The quantitative estimate of drug-likeness (QED) is 0.432. The van der Waals surface area contributed by atoms with Gasteiger partial charge in [0.25, 0.3) is 5.91 Å². The Labute approximate surface area is 94.5 Å². The van der Waals surface area contributed by atoms with Gasteiger partial charge in [0.05, 0.1) is 12.0 Å². The van der Waals surface area contributed by atoms with E-state index in [1.807, 2.05) is 0 Å². The predicted molar refractivity (Wildman–Crippen MR) is 58.3 cm³/mol. The zero-order valence-electron chi connectivity index (χ0n) is 9.21. The van der Waals surface area contributed by atoms with Crippen molar-refractivity contribution in [2.24, 2.45) is 5.92 Å². The van der Waals surface area contributed by atoms with E-state index in [1.54, 1.807) is 0 Å². The van der Waals surface area contributed by atoms with Gasteiger partial charge in [-0.15, -0.1) is 0 Å². The van der Waals surface area contributed by atoms with Gasteiger partial charge in [0.15, 0.2) is 0 Å². The van der Waals surface area contributed by atoms with Gasteiger partial charge in [-0.1, -0.05) is 0 Å². The van der Waals surface area contributed by atoms with E-state index in [2.05, 4.69) is 21.5 Å². The lowest BCUT2D eigenvalue weighted by Gasteiger charge is -2.14. The molecule has 2 aliphatic heterocycles. The minimum Gasteiger partial charge on any atom is -0.316 e. The van der Waals surface area contributed by atoms with Crippen LogP contribution in [0.3, 0.4) is 0 Å². The lowest BCUT2D eigenvalue weighted by molar-refractivity contribution is -0.131. The summed E-state index contributed by atoms with van der Waals surface area (Å²) in [4.78, 5) is 23.1. The van der Waals surface area contributed by atoms with Crippen LogP contribution in [0.1, 0.15) is 19.3 Å². The van der Waals surface area contributed by atoms with Crippen LogP contribution in [-0.2, 0) is 9.59 Å². The van der Waals surface area contributed by atoms with E-state index in [4.69, 9.17) is 0 Å². The van der Waals surface area contributed by atoms with E-state index in [0.717, 1.165) is 32.4 Å². The Kier molecular flexibility index (Phi) is 3.74. The van der Waals surface area contributed by atoms with Crippen molar-refractivity contribution in [2.75, 3.05) is 19.6 Å². The average molecular weight is 226 g/mol. The monoisotopic (exact) mass is 226 g/mol. The molecular formula is C10H18N4O2. The second-order valence-corrected chi connectivity index (χ2v) is 4.32. The van der Waals surface area contributed by atoms with Crippen molar-refractivity contribution in [3.63, 3.8) is 0 Å². The van der Waals surface area contributed by atoms with Gasteiger partial charge in [-0.05, 0) is 32.4 Å². The lowest BCUT2D eigenvalue weighted by Crippen LogP contribution is -2.50. The Morgan fingerprint density at radius 2 is 1.88 bits per heavy atom. The first kappa shape index (κ1) is 11.3. The largest absolute Gasteiger partial charge is 0.316 e. The Bertz CT molecular complexity index is 242. The Balaban J connectivity index is 1.69. The molecule has 0 radical (unpaired) electrons. The highest BCUT2D eigenvalue weighted by atomic mass is 16.2. The third-order valence-electron chi connectivity index (χ3n) is 3.12. The van der Waals surface area contributed by atoms with Crippen LogP contribution in [0.4, 0.5) is 0 Å². The minimum atomic E-state index is -0.151. The van der Waals surface area contributed by atoms with E-state index in [-0.39, 0.29) is 23.8 Å². The molecule has 2 heterocycles. The van der Waals surface area contributed by atoms with Crippen molar-refractivity contribution in [3.8, 4) is 0 Å². The van der Waals surface area contributed by atoms with Crippen LogP contribution in [-0.4, -0.2) is 37.5 Å². The summed E-state index contributed by atoms with van der Waals surface area (Å²) in [6, 6.07) is -0.151. The molecule has 0 saturated carbocycles. The summed E-state index contributed by atoms with van der Waals surface area (Å²) < 4.78 is 0. The summed E-state index contributed by atoms with van der Waals surface area (Å²) in [6.45, 7) is 2.44. The van der Waals surface area contributed by atoms with Gasteiger partial charge in [-0.3, -0.25) is 20.4 Å². The Morgan fingerprint density at radius 3 is 2.50 bits per heavy atom. The van der Waals surface area contributed by atoms with Crippen molar-refractivity contribution in [2.45, 2.75) is 25.3 Å². The number of hydrazine groups is 1. The molecule has 0 spiro atoms. The lowest BCUT2D eigenvalue weighted by atomic mass is 10.1. The highest BCUT2D eigenvalue weighted by Gasteiger charge is 2.25. The number of nitrogens with one attached hydrogen (secondary N) is 4. The molecule has 6 heteroatoms. The number of carbonyl (C=O) groups excluding carboxylic acids is 2. The summed E-state index contributed by atoms with van der Waals surface area (Å²) in [7, 11) is 0. The standard InChI is InChI=1S/C10H18N4O2/c15-9(7-3-5-11-6-7)13-14-10(16)8-2-1-4-12-8/h7-8,11-12H,1-6H2,(H,13,15)(H,14,16). The van der Waals surface area contributed by atoms with Crippen LogP contribution in [0.2, 0.25) is 0 Å². The summed E-state index contributed by atoms with van der Waals surface area (Å²) in [6.07, 6.45) is 2.69. The van der Waals surface area contributed by atoms with Gasteiger partial charge in [0.1, 0.15) is 0 Å². The Hall–Kier alpha value is -1.14. The summed E-state index contributed by atoms with van der Waals surface area (Å²) in [5, 5.41) is 6.18. The fourth-order valence-electron chi connectivity index (χ4n) is 2.10. The molecule has 0 aromatic heterocycles. The summed E-state index contributed by atoms with van der Waals surface area (Å²) >= 11 is 0. The maximum Gasteiger partial charge on any atom is 0.255 e. The van der Waals surface area contributed by atoms with Crippen LogP contribution in [0.25, 0.3) is 0 Å². The summed E-state index contributed by atoms with van der Waals surface area (Å²) in [5.41, 5.74) is 4.96. The molecule has 2 fully saturated rings. The van der Waals surface area contributed by atoms with E-state index < -0.39 is 0 Å². The second-order valence-electron chi connectivity index (χ2n) is 4.32. The van der Waals surface area contributed by atoms with Crippen LogP contribution >= 0.6 is 0 Å². The van der Waals surface area contributed by atoms with Gasteiger partial charge in [0.2, 0.25) is 5.91 Å². The first-order chi connectivity index (χ1) is 7.77. The molecule has 2 rings (SSSR count).